The van der Waals surface area contributed by atoms with Crippen molar-refractivity contribution in [1.29, 1.82) is 5.26 Å². The third kappa shape index (κ3) is 4.45. The van der Waals surface area contributed by atoms with E-state index < -0.39 is 17.3 Å². The summed E-state index contributed by atoms with van der Waals surface area (Å²) in [5.74, 6) is -1.62. The van der Waals surface area contributed by atoms with E-state index in [1.165, 1.54) is 12.1 Å². The largest absolute Gasteiger partial charge is 0.506 e. The third-order valence-corrected chi connectivity index (χ3v) is 3.28. The number of anilines is 1. The van der Waals surface area contributed by atoms with E-state index in [9.17, 15) is 14.7 Å². The Bertz CT molecular complexity index is 834. The fourth-order valence-electron chi connectivity index (χ4n) is 2.05. The van der Waals surface area contributed by atoms with E-state index in [0.717, 1.165) is 0 Å². The van der Waals surface area contributed by atoms with Crippen LogP contribution in [0.15, 0.2) is 60.2 Å². The van der Waals surface area contributed by atoms with Crippen molar-refractivity contribution in [2.75, 3.05) is 11.9 Å². The first kappa shape index (κ1) is 17.8. The molecule has 0 spiro atoms. The van der Waals surface area contributed by atoms with Gasteiger partial charge in [-0.05, 0) is 43.3 Å². The normalized spacial score (nSPS) is 11.0. The number of carbonyl (C=O) groups excluding carboxylic acids is 2. The van der Waals surface area contributed by atoms with Crippen LogP contribution in [-0.2, 0) is 9.53 Å². The summed E-state index contributed by atoms with van der Waals surface area (Å²) in [5.41, 5.74) is 0.827. The third-order valence-electron chi connectivity index (χ3n) is 3.28. The van der Waals surface area contributed by atoms with E-state index in [2.05, 4.69) is 5.32 Å². The van der Waals surface area contributed by atoms with Gasteiger partial charge in [0.05, 0.1) is 6.61 Å². The summed E-state index contributed by atoms with van der Waals surface area (Å²) in [5, 5.41) is 21.8. The highest BCUT2D eigenvalue weighted by molar-refractivity contribution is 6.04. The Labute approximate surface area is 145 Å². The van der Waals surface area contributed by atoms with Crippen LogP contribution in [-0.4, -0.2) is 23.6 Å². The fourth-order valence-corrected chi connectivity index (χ4v) is 2.05. The first-order valence-corrected chi connectivity index (χ1v) is 7.54. The maximum absolute atomic E-state index is 12.1. The zero-order valence-corrected chi connectivity index (χ0v) is 13.5. The lowest BCUT2D eigenvalue weighted by Crippen LogP contribution is -2.11. The molecule has 0 aliphatic heterocycles. The van der Waals surface area contributed by atoms with Crippen molar-refractivity contribution < 1.29 is 19.4 Å². The van der Waals surface area contributed by atoms with E-state index in [0.29, 0.717) is 11.3 Å². The lowest BCUT2D eigenvalue weighted by atomic mass is 10.1. The topological polar surface area (TPSA) is 99.4 Å². The number of esters is 1. The van der Waals surface area contributed by atoms with Crippen molar-refractivity contribution in [2.45, 2.75) is 6.92 Å². The standard InChI is InChI=1S/C19H16N2O4/c1-2-25-19(24)16(12-20)17(22)13-8-10-15(11-9-13)21-18(23)14-6-4-3-5-7-14/h3-11,22H,2H2,1H3,(H,21,23)/b17-16-. The van der Waals surface area contributed by atoms with Gasteiger partial charge in [0.1, 0.15) is 11.8 Å². The predicted molar refractivity (Wildman–Crippen MR) is 92.6 cm³/mol. The van der Waals surface area contributed by atoms with Crippen LogP contribution in [0.1, 0.15) is 22.8 Å². The molecule has 126 valence electrons. The second kappa shape index (κ2) is 8.31. The average Bonchev–Trinajstić information content (AvgIpc) is 2.63. The molecule has 6 heteroatoms. The van der Waals surface area contributed by atoms with E-state index in [-0.39, 0.29) is 18.1 Å². The summed E-state index contributed by atoms with van der Waals surface area (Å²) >= 11 is 0. The first-order valence-electron chi connectivity index (χ1n) is 7.54. The number of rotatable bonds is 5. The molecule has 6 nitrogen and oxygen atoms in total. The Morgan fingerprint density at radius 2 is 1.72 bits per heavy atom. The van der Waals surface area contributed by atoms with E-state index in [1.54, 1.807) is 49.4 Å². The van der Waals surface area contributed by atoms with Crippen LogP contribution < -0.4 is 5.32 Å². The molecule has 0 aromatic heterocycles. The molecule has 0 unspecified atom stereocenters. The molecule has 25 heavy (non-hydrogen) atoms. The van der Waals surface area contributed by atoms with Gasteiger partial charge in [-0.3, -0.25) is 4.79 Å². The van der Waals surface area contributed by atoms with Gasteiger partial charge >= 0.3 is 5.97 Å². The minimum atomic E-state index is -0.885. The molecule has 0 radical (unpaired) electrons. The second-order valence-electron chi connectivity index (χ2n) is 4.95. The summed E-state index contributed by atoms with van der Waals surface area (Å²) in [4.78, 5) is 23.7. The summed E-state index contributed by atoms with van der Waals surface area (Å²) in [6.45, 7) is 1.70. The molecule has 0 saturated heterocycles. The molecular formula is C19H16N2O4. The molecule has 1 amide bonds. The number of benzene rings is 2. The van der Waals surface area contributed by atoms with Crippen LogP contribution in [0.2, 0.25) is 0 Å². The van der Waals surface area contributed by atoms with Crippen molar-refractivity contribution in [3.05, 3.63) is 71.3 Å². The van der Waals surface area contributed by atoms with Crippen LogP contribution in [0.3, 0.4) is 0 Å². The summed E-state index contributed by atoms with van der Waals surface area (Å²) < 4.78 is 4.73. The molecule has 0 bridgehead atoms. The number of ether oxygens (including phenoxy) is 1. The second-order valence-corrected chi connectivity index (χ2v) is 4.95. The van der Waals surface area contributed by atoms with E-state index >= 15 is 0 Å². The average molecular weight is 336 g/mol. The molecule has 0 heterocycles. The van der Waals surface area contributed by atoms with Crippen molar-refractivity contribution in [2.24, 2.45) is 0 Å². The molecule has 2 N–H and O–H groups in total. The number of amides is 1. The van der Waals surface area contributed by atoms with Crippen molar-refractivity contribution in [3.63, 3.8) is 0 Å². The van der Waals surface area contributed by atoms with Gasteiger partial charge < -0.3 is 15.2 Å². The quantitative estimate of drug-likeness (QED) is 0.378. The van der Waals surface area contributed by atoms with Crippen LogP contribution in [0, 0.1) is 11.3 Å². The van der Waals surface area contributed by atoms with E-state index in [1.807, 2.05) is 6.07 Å². The first-order chi connectivity index (χ1) is 12.1. The molecular weight excluding hydrogens is 320 g/mol. The zero-order chi connectivity index (χ0) is 18.2. The number of aliphatic hydroxyl groups excluding tert-OH is 1. The van der Waals surface area contributed by atoms with Crippen molar-refractivity contribution in [1.82, 2.24) is 0 Å². The number of hydrogen-bond acceptors (Lipinski definition) is 5. The van der Waals surface area contributed by atoms with Crippen molar-refractivity contribution >= 4 is 23.3 Å². The number of hydrogen-bond donors (Lipinski definition) is 2. The molecule has 0 aliphatic carbocycles. The highest BCUT2D eigenvalue weighted by Crippen LogP contribution is 2.19. The summed E-state index contributed by atoms with van der Waals surface area (Å²) in [6.07, 6.45) is 0. The number of aliphatic hydroxyl groups is 1. The van der Waals surface area contributed by atoms with Gasteiger partial charge in [0.2, 0.25) is 0 Å². The minimum absolute atomic E-state index is 0.0990. The van der Waals surface area contributed by atoms with Crippen LogP contribution in [0.25, 0.3) is 5.76 Å². The fraction of sp³-hybridized carbons (Fsp3) is 0.105. The zero-order valence-electron chi connectivity index (χ0n) is 13.5. The number of nitrogens with one attached hydrogen (secondary N) is 1. The van der Waals surface area contributed by atoms with Gasteiger partial charge in [-0.1, -0.05) is 18.2 Å². The van der Waals surface area contributed by atoms with Crippen LogP contribution >= 0.6 is 0 Å². The molecule has 0 saturated carbocycles. The monoisotopic (exact) mass is 336 g/mol. The van der Waals surface area contributed by atoms with Gasteiger partial charge in [-0.15, -0.1) is 0 Å². The van der Waals surface area contributed by atoms with Gasteiger partial charge in [0.25, 0.3) is 5.91 Å². The smallest absolute Gasteiger partial charge is 0.352 e. The lowest BCUT2D eigenvalue weighted by molar-refractivity contribution is -0.138. The molecule has 0 fully saturated rings. The highest BCUT2D eigenvalue weighted by atomic mass is 16.5. The van der Waals surface area contributed by atoms with Crippen LogP contribution in [0.5, 0.6) is 0 Å². The van der Waals surface area contributed by atoms with Gasteiger partial charge in [-0.25, -0.2) is 4.79 Å². The van der Waals surface area contributed by atoms with E-state index in [4.69, 9.17) is 10.00 Å². The Morgan fingerprint density at radius 3 is 2.28 bits per heavy atom. The van der Waals surface area contributed by atoms with Crippen LogP contribution in [0.4, 0.5) is 5.69 Å². The van der Waals surface area contributed by atoms with Gasteiger partial charge in [-0.2, -0.15) is 5.26 Å². The number of nitriles is 1. The summed E-state index contributed by atoms with van der Waals surface area (Å²) in [6, 6.07) is 16.5. The van der Waals surface area contributed by atoms with Gasteiger partial charge in [0, 0.05) is 16.8 Å². The molecule has 0 atom stereocenters. The van der Waals surface area contributed by atoms with Crippen molar-refractivity contribution in [3.8, 4) is 6.07 Å². The molecule has 2 aromatic carbocycles. The predicted octanol–water partition coefficient (Wildman–Crippen LogP) is 3.29. The van der Waals surface area contributed by atoms with Gasteiger partial charge in [0.15, 0.2) is 5.57 Å². The Balaban J connectivity index is 2.18. The number of nitrogens with zero attached hydrogens (tertiary/aromatic N) is 1. The molecule has 0 aliphatic rings. The highest BCUT2D eigenvalue weighted by Gasteiger charge is 2.17. The SMILES string of the molecule is CCOC(=O)/C(C#N)=C(\O)c1ccc(NC(=O)c2ccccc2)cc1. The Morgan fingerprint density at radius 1 is 1.08 bits per heavy atom. The Hall–Kier alpha value is -3.59. The Kier molecular flexibility index (Phi) is 5.91. The lowest BCUT2D eigenvalue weighted by Gasteiger charge is -2.07. The molecule has 2 aromatic rings. The number of carbonyl (C=O) groups is 2. The molecule has 2 rings (SSSR count). The minimum Gasteiger partial charge on any atom is -0.506 e. The maximum Gasteiger partial charge on any atom is 0.352 e. The maximum atomic E-state index is 12.1. The summed E-state index contributed by atoms with van der Waals surface area (Å²) in [7, 11) is 0.